The van der Waals surface area contributed by atoms with E-state index in [9.17, 15) is 0 Å². The SMILES string of the molecule is C1CCN(P(=N[P+](N2CCCCC2)(N2CCCCC2)N2CCCCC2)(N2CCCCC2)N2CCCCC2)CC1.Cl. The van der Waals surface area contributed by atoms with Crippen LogP contribution in [-0.4, -0.2) is 107 Å². The molecule has 0 aromatic carbocycles. The molecule has 0 spiro atoms. The van der Waals surface area contributed by atoms with Crippen LogP contribution in [0.25, 0.3) is 0 Å². The second-order valence-electron chi connectivity index (χ2n) is 13.2. The molecular weight excluding hydrogens is 556 g/mol. The third-order valence-electron chi connectivity index (χ3n) is 10.5. The lowest BCUT2D eigenvalue weighted by molar-refractivity contribution is 0.232. The molecule has 0 aromatic heterocycles. The molecule has 0 atom stereocenters. The molecule has 6 saturated heterocycles. The Balaban J connectivity index is 0.00000323. The normalized spacial score (nSPS) is 28.7. The van der Waals surface area contributed by atoms with Crippen molar-refractivity contribution < 1.29 is 0 Å². The maximum atomic E-state index is 6.86. The molecule has 6 fully saturated rings. The molecule has 6 heterocycles. The number of nitrogens with zero attached hydrogens (tertiary/aromatic N) is 7. The van der Waals surface area contributed by atoms with Crippen molar-refractivity contribution in [3.05, 3.63) is 0 Å². The summed E-state index contributed by atoms with van der Waals surface area (Å²) in [5.41, 5.74) is 0. The van der Waals surface area contributed by atoms with Gasteiger partial charge in [-0.3, -0.25) is 0 Å². The molecule has 6 rings (SSSR count). The highest BCUT2D eigenvalue weighted by atomic mass is 35.5. The highest BCUT2D eigenvalue weighted by Crippen LogP contribution is 2.78. The smallest absolute Gasteiger partial charge is 0.243 e. The van der Waals surface area contributed by atoms with Gasteiger partial charge in [-0.15, -0.1) is 26.4 Å². The summed E-state index contributed by atoms with van der Waals surface area (Å²) in [6.45, 7) is 15.4. The maximum absolute atomic E-state index is 6.86. The van der Waals surface area contributed by atoms with E-state index in [1.165, 1.54) is 194 Å². The third-order valence-corrected chi connectivity index (χ3v) is 19.4. The van der Waals surface area contributed by atoms with Gasteiger partial charge in [0.1, 0.15) is 0 Å². The summed E-state index contributed by atoms with van der Waals surface area (Å²) in [5, 5.41) is 0. The van der Waals surface area contributed by atoms with E-state index >= 15 is 0 Å². The molecule has 0 amide bonds. The van der Waals surface area contributed by atoms with E-state index in [4.69, 9.17) is 4.52 Å². The van der Waals surface area contributed by atoms with E-state index in [1.807, 2.05) is 0 Å². The predicted molar refractivity (Wildman–Crippen MR) is 176 cm³/mol. The van der Waals surface area contributed by atoms with E-state index in [2.05, 4.69) is 28.0 Å². The van der Waals surface area contributed by atoms with Crippen LogP contribution in [0.5, 0.6) is 0 Å². The second-order valence-corrected chi connectivity index (χ2v) is 19.5. The Hall–Kier alpha value is 0.710. The van der Waals surface area contributed by atoms with Crippen molar-refractivity contribution >= 4 is 27.8 Å². The molecule has 0 aromatic rings. The summed E-state index contributed by atoms with van der Waals surface area (Å²) < 4.78 is 25.2. The van der Waals surface area contributed by atoms with Crippen molar-refractivity contribution in [2.45, 2.75) is 116 Å². The molecule has 0 bridgehead atoms. The van der Waals surface area contributed by atoms with Gasteiger partial charge in [-0.1, -0.05) is 38.5 Å². The highest BCUT2D eigenvalue weighted by molar-refractivity contribution is 7.75. The van der Waals surface area contributed by atoms with Crippen LogP contribution in [0.3, 0.4) is 0 Å². The van der Waals surface area contributed by atoms with E-state index in [0.29, 0.717) is 0 Å². The molecule has 40 heavy (non-hydrogen) atoms. The molecule has 0 aliphatic carbocycles. The van der Waals surface area contributed by atoms with Gasteiger partial charge in [0.2, 0.25) is 7.51 Å². The van der Waals surface area contributed by atoms with Crippen LogP contribution < -0.4 is 0 Å². The maximum Gasteiger partial charge on any atom is 0.357 e. The monoisotopic (exact) mass is 616 g/mol. The second kappa shape index (κ2) is 15.6. The van der Waals surface area contributed by atoms with Gasteiger partial charge in [0.05, 0.1) is 0 Å². The third kappa shape index (κ3) is 6.69. The molecule has 6 aliphatic heterocycles. The topological polar surface area (TPSA) is 31.8 Å². The van der Waals surface area contributed by atoms with Gasteiger partial charge in [0.25, 0.3) is 0 Å². The largest absolute Gasteiger partial charge is 0.357 e. The van der Waals surface area contributed by atoms with Crippen molar-refractivity contribution in [1.82, 2.24) is 28.0 Å². The van der Waals surface area contributed by atoms with Crippen LogP contribution in [0.1, 0.15) is 116 Å². The number of halogens is 1. The van der Waals surface area contributed by atoms with Crippen molar-refractivity contribution in [3.63, 3.8) is 0 Å². The first-order valence-electron chi connectivity index (χ1n) is 17.4. The van der Waals surface area contributed by atoms with Crippen LogP contribution >= 0.6 is 27.8 Å². The predicted octanol–water partition coefficient (Wildman–Crippen LogP) is 7.95. The van der Waals surface area contributed by atoms with Crippen molar-refractivity contribution in [2.75, 3.05) is 78.5 Å². The summed E-state index contributed by atoms with van der Waals surface area (Å²) in [4.78, 5) is 0. The van der Waals surface area contributed by atoms with Crippen molar-refractivity contribution in [2.24, 2.45) is 4.52 Å². The minimum absolute atomic E-state index is 0. The average Bonchev–Trinajstić information content (AvgIpc) is 3.04. The zero-order chi connectivity index (χ0) is 26.4. The number of piperidine rings is 6. The van der Waals surface area contributed by atoms with Crippen LogP contribution in [0, 0.1) is 0 Å². The number of hydrogen-bond acceptors (Lipinski definition) is 4. The molecule has 232 valence electrons. The van der Waals surface area contributed by atoms with Gasteiger partial charge in [0, 0.05) is 78.5 Å². The van der Waals surface area contributed by atoms with E-state index < -0.39 is 15.4 Å². The summed E-state index contributed by atoms with van der Waals surface area (Å²) >= 11 is 0. The molecule has 10 heteroatoms. The Bertz CT molecular complexity index is 698. The number of hydrogen-bond donors (Lipinski definition) is 0. The van der Waals surface area contributed by atoms with Gasteiger partial charge < -0.3 is 0 Å². The van der Waals surface area contributed by atoms with Crippen molar-refractivity contribution in [1.29, 1.82) is 0 Å². The van der Waals surface area contributed by atoms with Crippen molar-refractivity contribution in [3.8, 4) is 0 Å². The molecule has 0 unspecified atom stereocenters. The minimum atomic E-state index is -1.99. The van der Waals surface area contributed by atoms with Gasteiger partial charge in [-0.2, -0.15) is 0 Å². The molecule has 7 nitrogen and oxygen atoms in total. The summed E-state index contributed by atoms with van der Waals surface area (Å²) in [7, 11) is -3.99. The minimum Gasteiger partial charge on any atom is -0.243 e. The standard InChI is InChI=1S/C30H60N7P2.ClH/c1-7-19-32(20-8-1)38(33-21-9-2-10-22-33,34-23-11-3-12-24-34)31-39(35-25-13-4-14-26-35,36-27-15-5-16-28-36)37-29-17-6-18-30-37;/h1-30H2;1H/q+1;. The number of rotatable bonds is 7. The molecule has 0 N–H and O–H groups in total. The average molecular weight is 617 g/mol. The Morgan fingerprint density at radius 2 is 0.550 bits per heavy atom. The Kier molecular flexibility index (Phi) is 12.5. The lowest BCUT2D eigenvalue weighted by atomic mass is 10.2. The van der Waals surface area contributed by atoms with Gasteiger partial charge >= 0.3 is 7.87 Å². The summed E-state index contributed by atoms with van der Waals surface area (Å²) in [5.74, 6) is 0. The molecular formula is C30H61ClN7P2+. The zero-order valence-corrected chi connectivity index (χ0v) is 28.3. The zero-order valence-electron chi connectivity index (χ0n) is 25.6. The lowest BCUT2D eigenvalue weighted by Crippen LogP contribution is -2.51. The molecule has 0 saturated carbocycles. The van der Waals surface area contributed by atoms with Crippen LogP contribution in [0.4, 0.5) is 0 Å². The van der Waals surface area contributed by atoms with E-state index in [0.717, 1.165) is 0 Å². The highest BCUT2D eigenvalue weighted by Gasteiger charge is 2.61. The van der Waals surface area contributed by atoms with Gasteiger partial charge in [-0.05, 0) is 81.6 Å². The first-order chi connectivity index (χ1) is 19.3. The fraction of sp³-hybridized carbons (Fsp3) is 1.00. The van der Waals surface area contributed by atoms with Gasteiger partial charge in [0.15, 0.2) is 0 Å². The van der Waals surface area contributed by atoms with E-state index in [-0.39, 0.29) is 12.4 Å². The lowest BCUT2D eigenvalue weighted by Gasteiger charge is -2.54. The Labute approximate surface area is 253 Å². The molecule has 6 aliphatic rings. The Morgan fingerprint density at radius 1 is 0.325 bits per heavy atom. The summed E-state index contributed by atoms with van der Waals surface area (Å²) in [6, 6.07) is 0. The van der Waals surface area contributed by atoms with Crippen LogP contribution in [-0.2, 0) is 0 Å². The quantitative estimate of drug-likeness (QED) is 0.270. The van der Waals surface area contributed by atoms with Crippen LogP contribution in [0.15, 0.2) is 4.52 Å². The first kappa shape index (κ1) is 32.1. The Morgan fingerprint density at radius 3 is 0.800 bits per heavy atom. The molecule has 0 radical (unpaired) electrons. The fourth-order valence-corrected chi connectivity index (χ4v) is 19.5. The fourth-order valence-electron chi connectivity index (χ4n) is 8.45. The first-order valence-corrected chi connectivity index (χ1v) is 20.6. The van der Waals surface area contributed by atoms with Gasteiger partial charge in [-0.25, -0.2) is 14.0 Å². The van der Waals surface area contributed by atoms with Crippen LogP contribution in [0.2, 0.25) is 0 Å². The summed E-state index contributed by atoms with van der Waals surface area (Å²) in [6.07, 6.45) is 25.0. The van der Waals surface area contributed by atoms with E-state index in [1.54, 1.807) is 0 Å².